The molecule has 0 amide bonds. The summed E-state index contributed by atoms with van der Waals surface area (Å²) < 4.78 is 13.8. The molecule has 1 heterocycles. The molecule has 1 atom stereocenters. The Morgan fingerprint density at radius 2 is 2.00 bits per heavy atom. The zero-order chi connectivity index (χ0) is 14.7. The Morgan fingerprint density at radius 3 is 2.55 bits per heavy atom. The number of benzene rings is 1. The Hall–Kier alpha value is -2.43. The summed E-state index contributed by atoms with van der Waals surface area (Å²) in [5.41, 5.74) is 0.694. The maximum Gasteiger partial charge on any atom is 0.337 e. The number of anilines is 1. The number of aromatic nitrogens is 1. The van der Waals surface area contributed by atoms with E-state index in [2.05, 4.69) is 4.98 Å². The second-order valence-corrected chi connectivity index (χ2v) is 4.52. The van der Waals surface area contributed by atoms with E-state index in [9.17, 15) is 9.18 Å². The minimum absolute atomic E-state index is 0.126. The monoisotopic (exact) mass is 274 g/mol. The molecule has 2 aromatic rings. The number of pyridine rings is 1. The largest absolute Gasteiger partial charge is 0.478 e. The third kappa shape index (κ3) is 2.77. The van der Waals surface area contributed by atoms with Gasteiger partial charge >= 0.3 is 5.97 Å². The molecule has 1 unspecified atom stereocenters. The molecule has 4 nitrogen and oxygen atoms in total. The normalized spacial score (nSPS) is 11.9. The molecule has 0 aliphatic rings. The lowest BCUT2D eigenvalue weighted by atomic mass is 10.1. The predicted octanol–water partition coefficient (Wildman–Crippen LogP) is 3.12. The molecule has 0 aliphatic heterocycles. The van der Waals surface area contributed by atoms with E-state index in [0.717, 1.165) is 0 Å². The van der Waals surface area contributed by atoms with Crippen LogP contribution in [0.5, 0.6) is 0 Å². The van der Waals surface area contributed by atoms with Gasteiger partial charge in [0, 0.05) is 18.8 Å². The molecule has 0 bridgehead atoms. The quantitative estimate of drug-likeness (QED) is 0.930. The summed E-state index contributed by atoms with van der Waals surface area (Å²) in [5.74, 6) is -0.700. The first kappa shape index (κ1) is 14.0. The summed E-state index contributed by atoms with van der Waals surface area (Å²) in [7, 11) is 1.79. The molecule has 0 saturated heterocycles. The highest BCUT2D eigenvalue weighted by atomic mass is 19.1. The zero-order valence-corrected chi connectivity index (χ0v) is 11.2. The molecular formula is C15H15FN2O2. The van der Waals surface area contributed by atoms with Crippen LogP contribution in [0.4, 0.5) is 10.2 Å². The maximum atomic E-state index is 13.8. The first-order valence-electron chi connectivity index (χ1n) is 6.17. The molecule has 0 aliphatic carbocycles. The highest BCUT2D eigenvalue weighted by molar-refractivity contribution is 5.87. The average molecular weight is 274 g/mol. The van der Waals surface area contributed by atoms with Gasteiger partial charge in [-0.3, -0.25) is 0 Å². The van der Waals surface area contributed by atoms with Gasteiger partial charge in [-0.1, -0.05) is 18.2 Å². The van der Waals surface area contributed by atoms with Crippen LogP contribution in [0.3, 0.4) is 0 Å². The SMILES string of the molecule is CC(c1ccccc1F)N(C)c1ccc(C(=O)O)cn1. The van der Waals surface area contributed by atoms with E-state index in [1.807, 2.05) is 6.92 Å². The average Bonchev–Trinajstić information content (AvgIpc) is 2.46. The fourth-order valence-corrected chi connectivity index (χ4v) is 1.94. The van der Waals surface area contributed by atoms with Gasteiger partial charge in [-0.25, -0.2) is 14.2 Å². The van der Waals surface area contributed by atoms with Gasteiger partial charge in [0.25, 0.3) is 0 Å². The standard InChI is InChI=1S/C15H15FN2O2/c1-10(12-5-3-4-6-13(12)16)18(2)14-8-7-11(9-17-14)15(19)20/h3-10H,1-2H3,(H,19,20). The molecule has 0 fully saturated rings. The van der Waals surface area contributed by atoms with Crippen LogP contribution in [0.25, 0.3) is 0 Å². The van der Waals surface area contributed by atoms with Gasteiger partial charge in [-0.2, -0.15) is 0 Å². The molecule has 1 N–H and O–H groups in total. The molecule has 0 radical (unpaired) electrons. The predicted molar refractivity (Wildman–Crippen MR) is 74.4 cm³/mol. The first-order chi connectivity index (χ1) is 9.50. The second-order valence-electron chi connectivity index (χ2n) is 4.52. The van der Waals surface area contributed by atoms with E-state index in [4.69, 9.17) is 5.11 Å². The van der Waals surface area contributed by atoms with Gasteiger partial charge in [-0.05, 0) is 25.1 Å². The Kier molecular flexibility index (Phi) is 3.98. The van der Waals surface area contributed by atoms with Crippen molar-refractivity contribution in [2.24, 2.45) is 0 Å². The Bertz CT molecular complexity index is 614. The molecule has 1 aromatic carbocycles. The van der Waals surface area contributed by atoms with E-state index in [0.29, 0.717) is 11.4 Å². The number of carboxylic acid groups (broad SMARTS) is 1. The summed E-state index contributed by atoms with van der Waals surface area (Å²) in [6.45, 7) is 1.87. The molecule has 104 valence electrons. The van der Waals surface area contributed by atoms with Gasteiger partial charge in [0.05, 0.1) is 11.6 Å². The van der Waals surface area contributed by atoms with E-state index in [-0.39, 0.29) is 17.4 Å². The van der Waals surface area contributed by atoms with E-state index < -0.39 is 5.97 Å². The van der Waals surface area contributed by atoms with Crippen molar-refractivity contribution in [2.75, 3.05) is 11.9 Å². The molecule has 0 saturated carbocycles. The van der Waals surface area contributed by atoms with Crippen LogP contribution in [0.2, 0.25) is 0 Å². The Morgan fingerprint density at radius 1 is 1.30 bits per heavy atom. The summed E-state index contributed by atoms with van der Waals surface area (Å²) >= 11 is 0. The van der Waals surface area contributed by atoms with Crippen molar-refractivity contribution in [1.82, 2.24) is 4.98 Å². The lowest BCUT2D eigenvalue weighted by molar-refractivity contribution is 0.0696. The fraction of sp³-hybridized carbons (Fsp3) is 0.200. The summed E-state index contributed by atoms with van der Waals surface area (Å²) in [5, 5.41) is 8.83. The molecule has 0 spiro atoms. The van der Waals surface area contributed by atoms with Crippen LogP contribution >= 0.6 is 0 Å². The van der Waals surface area contributed by atoms with Crippen molar-refractivity contribution in [3.63, 3.8) is 0 Å². The smallest absolute Gasteiger partial charge is 0.337 e. The number of nitrogens with zero attached hydrogens (tertiary/aromatic N) is 2. The van der Waals surface area contributed by atoms with Gasteiger partial charge in [-0.15, -0.1) is 0 Å². The Balaban J connectivity index is 2.24. The number of hydrogen-bond acceptors (Lipinski definition) is 3. The third-order valence-electron chi connectivity index (χ3n) is 3.29. The number of carboxylic acids is 1. The van der Waals surface area contributed by atoms with Crippen molar-refractivity contribution in [3.05, 3.63) is 59.5 Å². The van der Waals surface area contributed by atoms with Gasteiger partial charge in [0.15, 0.2) is 0 Å². The van der Waals surface area contributed by atoms with Crippen molar-refractivity contribution in [1.29, 1.82) is 0 Å². The van der Waals surface area contributed by atoms with E-state index >= 15 is 0 Å². The minimum Gasteiger partial charge on any atom is -0.478 e. The lowest BCUT2D eigenvalue weighted by Crippen LogP contribution is -2.23. The molecule has 1 aromatic heterocycles. The van der Waals surface area contributed by atoms with Gasteiger partial charge in [0.2, 0.25) is 0 Å². The molecule has 2 rings (SSSR count). The minimum atomic E-state index is -1.02. The van der Waals surface area contributed by atoms with Crippen LogP contribution in [0.15, 0.2) is 42.6 Å². The molecule has 5 heteroatoms. The Labute approximate surface area is 116 Å². The van der Waals surface area contributed by atoms with Crippen LogP contribution < -0.4 is 4.90 Å². The molecule has 20 heavy (non-hydrogen) atoms. The van der Waals surface area contributed by atoms with E-state index in [1.165, 1.54) is 18.3 Å². The lowest BCUT2D eigenvalue weighted by Gasteiger charge is -2.26. The van der Waals surface area contributed by atoms with Crippen LogP contribution in [0.1, 0.15) is 28.9 Å². The summed E-state index contributed by atoms with van der Waals surface area (Å²) in [6, 6.07) is 9.45. The van der Waals surface area contributed by atoms with Gasteiger partial charge < -0.3 is 10.0 Å². The van der Waals surface area contributed by atoms with Crippen molar-refractivity contribution < 1.29 is 14.3 Å². The highest BCUT2D eigenvalue weighted by Gasteiger charge is 2.16. The van der Waals surface area contributed by atoms with Crippen LogP contribution in [-0.2, 0) is 0 Å². The van der Waals surface area contributed by atoms with Crippen LogP contribution in [0, 0.1) is 5.82 Å². The third-order valence-corrected chi connectivity index (χ3v) is 3.29. The summed E-state index contributed by atoms with van der Waals surface area (Å²) in [4.78, 5) is 16.7. The topological polar surface area (TPSA) is 53.4 Å². The zero-order valence-electron chi connectivity index (χ0n) is 11.2. The number of hydrogen-bond donors (Lipinski definition) is 1. The van der Waals surface area contributed by atoms with Crippen molar-refractivity contribution >= 4 is 11.8 Å². The highest BCUT2D eigenvalue weighted by Crippen LogP contribution is 2.25. The fourth-order valence-electron chi connectivity index (χ4n) is 1.94. The second kappa shape index (κ2) is 5.69. The number of halogens is 1. The van der Waals surface area contributed by atoms with Crippen molar-refractivity contribution in [3.8, 4) is 0 Å². The van der Waals surface area contributed by atoms with Gasteiger partial charge in [0.1, 0.15) is 11.6 Å². The van der Waals surface area contributed by atoms with Crippen LogP contribution in [-0.4, -0.2) is 23.1 Å². The number of rotatable bonds is 4. The summed E-state index contributed by atoms with van der Waals surface area (Å²) in [6.07, 6.45) is 1.29. The number of carbonyl (C=O) groups is 1. The first-order valence-corrected chi connectivity index (χ1v) is 6.17. The van der Waals surface area contributed by atoms with Crippen molar-refractivity contribution in [2.45, 2.75) is 13.0 Å². The molecular weight excluding hydrogens is 259 g/mol. The van der Waals surface area contributed by atoms with E-state index in [1.54, 1.807) is 36.2 Å². The number of aromatic carboxylic acids is 1. The maximum absolute atomic E-state index is 13.8.